The number of carbonyl (C=O) groups is 1. The van der Waals surface area contributed by atoms with Gasteiger partial charge in [0.05, 0.1) is 36.1 Å². The van der Waals surface area contributed by atoms with E-state index in [1.807, 2.05) is 0 Å². The molecule has 3 aromatic rings. The molecule has 0 spiro atoms. The minimum atomic E-state index is -0.867. The van der Waals surface area contributed by atoms with Gasteiger partial charge in [-0.3, -0.25) is 9.48 Å². The molecule has 1 aromatic carbocycles. The highest BCUT2D eigenvalue weighted by Gasteiger charge is 2.25. The number of hydrogen-bond donors (Lipinski definition) is 4. The predicted octanol–water partition coefficient (Wildman–Crippen LogP) is 2.88. The van der Waals surface area contributed by atoms with E-state index in [9.17, 15) is 13.6 Å². The van der Waals surface area contributed by atoms with Gasteiger partial charge in [0.25, 0.3) is 5.91 Å². The second-order valence-corrected chi connectivity index (χ2v) is 8.15. The van der Waals surface area contributed by atoms with Gasteiger partial charge < -0.3 is 26.8 Å². The summed E-state index contributed by atoms with van der Waals surface area (Å²) in [6, 6.07) is 3.35. The lowest BCUT2D eigenvalue weighted by Gasteiger charge is -2.30. The van der Waals surface area contributed by atoms with Gasteiger partial charge in [0.15, 0.2) is 11.6 Å². The third-order valence-electron chi connectivity index (χ3n) is 5.87. The van der Waals surface area contributed by atoms with Crippen molar-refractivity contribution in [1.82, 2.24) is 14.8 Å². The van der Waals surface area contributed by atoms with Crippen LogP contribution in [0.5, 0.6) is 0 Å². The highest BCUT2D eigenvalue weighted by molar-refractivity contribution is 6.00. The SMILES string of the molecule is COCCn1ncc2c(Nc3nc(N[C@@H]4CCCC[C@@H]4N)c(F)cc3C(N)=O)cc(F)cc21. The number of primary amides is 1. The molecule has 1 aliphatic rings. The Bertz CT molecular complexity index is 1170. The van der Waals surface area contributed by atoms with Crippen LogP contribution in [0.3, 0.4) is 0 Å². The first-order valence-electron chi connectivity index (χ1n) is 10.8. The molecule has 0 bridgehead atoms. The van der Waals surface area contributed by atoms with E-state index in [1.165, 1.54) is 12.1 Å². The summed E-state index contributed by atoms with van der Waals surface area (Å²) in [5.41, 5.74) is 12.3. The van der Waals surface area contributed by atoms with Gasteiger partial charge in [-0.1, -0.05) is 12.8 Å². The summed E-state index contributed by atoms with van der Waals surface area (Å²) in [5, 5.41) is 10.9. The molecule has 1 saturated carbocycles. The molecule has 0 aliphatic heterocycles. The summed E-state index contributed by atoms with van der Waals surface area (Å²) < 4.78 is 35.9. The Morgan fingerprint density at radius 2 is 2.03 bits per heavy atom. The number of methoxy groups -OCH3 is 1. The quantitative estimate of drug-likeness (QED) is 0.407. The minimum Gasteiger partial charge on any atom is -0.383 e. The third-order valence-corrected chi connectivity index (χ3v) is 5.87. The normalized spacial score (nSPS) is 18.4. The number of hydrogen-bond acceptors (Lipinski definition) is 7. The first kappa shape index (κ1) is 22.9. The fourth-order valence-electron chi connectivity index (χ4n) is 4.12. The van der Waals surface area contributed by atoms with E-state index in [0.29, 0.717) is 29.7 Å². The number of nitrogens with zero attached hydrogens (tertiary/aromatic N) is 3. The molecule has 9 nitrogen and oxygen atoms in total. The molecule has 11 heteroatoms. The van der Waals surface area contributed by atoms with Crippen molar-refractivity contribution in [2.45, 2.75) is 44.3 Å². The molecule has 2 heterocycles. The van der Waals surface area contributed by atoms with Crippen LogP contribution in [0.1, 0.15) is 36.0 Å². The largest absolute Gasteiger partial charge is 0.383 e. The average Bonchev–Trinajstić information content (AvgIpc) is 3.18. The maximum absolute atomic E-state index is 14.8. The molecule has 176 valence electrons. The second kappa shape index (κ2) is 9.67. The number of rotatable bonds is 8. The average molecular weight is 460 g/mol. The Morgan fingerprint density at radius 1 is 1.24 bits per heavy atom. The number of amides is 1. The Balaban J connectivity index is 1.71. The highest BCUT2D eigenvalue weighted by Crippen LogP contribution is 2.31. The molecular weight excluding hydrogens is 432 g/mol. The molecule has 0 unspecified atom stereocenters. The molecule has 2 atom stereocenters. The lowest BCUT2D eigenvalue weighted by molar-refractivity contribution is 0.100. The molecule has 1 aliphatic carbocycles. The van der Waals surface area contributed by atoms with E-state index in [0.717, 1.165) is 31.7 Å². The van der Waals surface area contributed by atoms with Crippen LogP contribution < -0.4 is 22.1 Å². The maximum atomic E-state index is 14.8. The smallest absolute Gasteiger partial charge is 0.252 e. The first-order chi connectivity index (χ1) is 15.9. The van der Waals surface area contributed by atoms with E-state index >= 15 is 0 Å². The first-order valence-corrected chi connectivity index (χ1v) is 10.8. The fourth-order valence-corrected chi connectivity index (χ4v) is 4.12. The van der Waals surface area contributed by atoms with Crippen molar-refractivity contribution in [3.05, 3.63) is 41.6 Å². The Morgan fingerprint density at radius 3 is 2.76 bits per heavy atom. The van der Waals surface area contributed by atoms with Gasteiger partial charge in [-0.2, -0.15) is 5.10 Å². The monoisotopic (exact) mass is 459 g/mol. The third kappa shape index (κ3) is 4.88. The van der Waals surface area contributed by atoms with Crippen molar-refractivity contribution in [1.29, 1.82) is 0 Å². The summed E-state index contributed by atoms with van der Waals surface area (Å²) >= 11 is 0. The second-order valence-electron chi connectivity index (χ2n) is 8.15. The topological polar surface area (TPSA) is 133 Å². The van der Waals surface area contributed by atoms with Crippen molar-refractivity contribution in [3.8, 4) is 0 Å². The summed E-state index contributed by atoms with van der Waals surface area (Å²) in [7, 11) is 1.57. The predicted molar refractivity (Wildman–Crippen MR) is 121 cm³/mol. The van der Waals surface area contributed by atoms with Crippen LogP contribution in [0.2, 0.25) is 0 Å². The highest BCUT2D eigenvalue weighted by atomic mass is 19.1. The maximum Gasteiger partial charge on any atom is 0.252 e. The van der Waals surface area contributed by atoms with Crippen LogP contribution in [0, 0.1) is 11.6 Å². The molecule has 2 aromatic heterocycles. The van der Waals surface area contributed by atoms with Crippen LogP contribution in [0.25, 0.3) is 10.9 Å². The van der Waals surface area contributed by atoms with Gasteiger partial charge in [-0.15, -0.1) is 0 Å². The van der Waals surface area contributed by atoms with Crippen LogP contribution in [-0.2, 0) is 11.3 Å². The minimum absolute atomic E-state index is 0.00678. The van der Waals surface area contributed by atoms with Crippen LogP contribution in [0.4, 0.5) is 26.1 Å². The summed E-state index contributed by atoms with van der Waals surface area (Å²) in [4.78, 5) is 16.3. The molecule has 1 amide bonds. The molecule has 1 fully saturated rings. The molecular formula is C22H27F2N7O2. The van der Waals surface area contributed by atoms with E-state index in [2.05, 4.69) is 20.7 Å². The Labute approximate surface area is 189 Å². The van der Waals surface area contributed by atoms with Gasteiger partial charge in [-0.05, 0) is 31.0 Å². The molecule has 4 rings (SSSR count). The van der Waals surface area contributed by atoms with Crippen LogP contribution >= 0.6 is 0 Å². The Hall–Kier alpha value is -3.31. The van der Waals surface area contributed by atoms with Gasteiger partial charge in [0.2, 0.25) is 0 Å². The number of aromatic nitrogens is 3. The lowest BCUT2D eigenvalue weighted by atomic mass is 9.91. The molecule has 0 saturated heterocycles. The number of anilines is 3. The molecule has 33 heavy (non-hydrogen) atoms. The number of benzene rings is 1. The zero-order valence-corrected chi connectivity index (χ0v) is 18.3. The number of fused-ring (bicyclic) bond motifs is 1. The summed E-state index contributed by atoms with van der Waals surface area (Å²) in [5.74, 6) is -2.14. The zero-order valence-electron chi connectivity index (χ0n) is 18.3. The van der Waals surface area contributed by atoms with E-state index in [4.69, 9.17) is 16.2 Å². The number of ether oxygens (including phenoxy) is 1. The Kier molecular flexibility index (Phi) is 6.70. The van der Waals surface area contributed by atoms with Gasteiger partial charge >= 0.3 is 0 Å². The number of nitrogens with one attached hydrogen (secondary N) is 2. The fraction of sp³-hybridized carbons (Fsp3) is 0.409. The van der Waals surface area contributed by atoms with Gasteiger partial charge in [0, 0.05) is 24.6 Å². The van der Waals surface area contributed by atoms with Crippen molar-refractivity contribution in [3.63, 3.8) is 0 Å². The van der Waals surface area contributed by atoms with E-state index < -0.39 is 17.5 Å². The number of pyridine rings is 1. The number of nitrogens with two attached hydrogens (primary N) is 2. The van der Waals surface area contributed by atoms with Crippen molar-refractivity contribution in [2.75, 3.05) is 24.4 Å². The van der Waals surface area contributed by atoms with Crippen molar-refractivity contribution < 1.29 is 18.3 Å². The van der Waals surface area contributed by atoms with Crippen LogP contribution in [0.15, 0.2) is 24.4 Å². The molecule has 0 radical (unpaired) electrons. The molecule has 6 N–H and O–H groups in total. The zero-order chi connectivity index (χ0) is 23.5. The van der Waals surface area contributed by atoms with Gasteiger partial charge in [0.1, 0.15) is 11.6 Å². The lowest BCUT2D eigenvalue weighted by Crippen LogP contribution is -2.43. The van der Waals surface area contributed by atoms with E-state index in [-0.39, 0.29) is 29.3 Å². The number of halogens is 2. The standard InChI is InChI=1S/C22H27F2N7O2/c1-33-7-6-31-19-9-12(23)8-18(14(19)11-27-31)29-21-13(20(26)32)10-15(24)22(30-21)28-17-5-3-2-4-16(17)25/h8-11,16-17H,2-7,25H2,1H3,(H2,26,32)(H2,28,29,30)/t16-,17+/m0/s1. The summed E-state index contributed by atoms with van der Waals surface area (Å²) in [6.45, 7) is 0.833. The van der Waals surface area contributed by atoms with Gasteiger partial charge in [-0.25, -0.2) is 13.8 Å². The van der Waals surface area contributed by atoms with Crippen molar-refractivity contribution >= 4 is 34.1 Å². The number of carbonyl (C=O) groups excluding carboxylic acids is 1. The van der Waals surface area contributed by atoms with Crippen molar-refractivity contribution in [2.24, 2.45) is 11.5 Å². The van der Waals surface area contributed by atoms with Crippen LogP contribution in [-0.4, -0.2) is 46.5 Å². The summed E-state index contributed by atoms with van der Waals surface area (Å²) in [6.07, 6.45) is 5.19. The van der Waals surface area contributed by atoms with E-state index in [1.54, 1.807) is 18.0 Å².